The van der Waals surface area contributed by atoms with E-state index in [1.54, 1.807) is 26.8 Å². The molecule has 1 aliphatic rings. The molecule has 0 amide bonds. The number of rotatable bonds is 5. The predicted molar refractivity (Wildman–Crippen MR) is 72.4 cm³/mol. The largest absolute Gasteiger partial charge is 0.465 e. The van der Waals surface area contributed by atoms with Gasteiger partial charge in [-0.05, 0) is 46.0 Å². The first-order valence-corrected chi connectivity index (χ1v) is 6.43. The van der Waals surface area contributed by atoms with Gasteiger partial charge in [0.15, 0.2) is 5.41 Å². The van der Waals surface area contributed by atoms with E-state index in [9.17, 15) is 9.59 Å². The van der Waals surface area contributed by atoms with Crippen molar-refractivity contribution in [2.75, 3.05) is 13.2 Å². The molecule has 0 aromatic heterocycles. The molecule has 0 fully saturated rings. The average molecular weight is 269 g/mol. The second-order valence-corrected chi connectivity index (χ2v) is 4.34. The second-order valence-electron chi connectivity index (χ2n) is 4.34. The Bertz CT molecular complexity index is 485. The van der Waals surface area contributed by atoms with Crippen molar-refractivity contribution >= 4 is 11.9 Å². The van der Waals surface area contributed by atoms with Crippen LogP contribution < -0.4 is 0 Å². The summed E-state index contributed by atoms with van der Waals surface area (Å²) in [4.78, 5) is 24.5. The Labute approximate surface area is 118 Å². The third-order valence-corrected chi connectivity index (χ3v) is 3.16. The van der Waals surface area contributed by atoms with Gasteiger partial charge in [0.05, 0.1) is 13.2 Å². The van der Waals surface area contributed by atoms with E-state index in [1.807, 2.05) is 0 Å². The molecule has 4 heteroatoms. The van der Waals surface area contributed by atoms with E-state index in [2.05, 4.69) is 0 Å². The van der Waals surface area contributed by atoms with Gasteiger partial charge in [-0.1, -0.05) is 17.7 Å². The number of hydrogen-bond acceptors (Lipinski definition) is 4. The first kappa shape index (κ1) is 11.3. The summed E-state index contributed by atoms with van der Waals surface area (Å²) in [6.07, 6.45) is 3.19. The van der Waals surface area contributed by atoms with Gasteiger partial charge < -0.3 is 9.47 Å². The summed E-state index contributed by atoms with van der Waals surface area (Å²) in [7, 11) is 0. The van der Waals surface area contributed by atoms with Crippen LogP contribution in [-0.2, 0) is 19.1 Å². The van der Waals surface area contributed by atoms with E-state index in [0.29, 0.717) is 5.57 Å². The molecule has 0 spiro atoms. The van der Waals surface area contributed by atoms with Crippen molar-refractivity contribution < 1.29 is 23.2 Å². The van der Waals surface area contributed by atoms with Gasteiger partial charge in [0, 0.05) is 4.11 Å². The molecule has 0 N–H and O–H groups in total. The minimum Gasteiger partial charge on any atom is -0.465 e. The van der Waals surface area contributed by atoms with E-state index >= 15 is 0 Å². The Hall–Kier alpha value is -1.58. The van der Waals surface area contributed by atoms with E-state index in [-0.39, 0.29) is 31.6 Å². The van der Waals surface area contributed by atoms with E-state index in [4.69, 9.17) is 13.6 Å². The number of ether oxygens (including phenoxy) is 2. The van der Waals surface area contributed by atoms with Gasteiger partial charge in [-0.25, -0.2) is 0 Å². The highest BCUT2D eigenvalue weighted by molar-refractivity contribution is 6.01. The summed E-state index contributed by atoms with van der Waals surface area (Å²) < 4.78 is 32.7. The minimum atomic E-state index is -2.29. The Balaban J connectivity index is 3.11. The molecular weight excluding hydrogens is 244 g/mol. The quantitative estimate of drug-likeness (QED) is 0.569. The van der Waals surface area contributed by atoms with Crippen LogP contribution in [0.1, 0.15) is 44.6 Å². The summed E-state index contributed by atoms with van der Waals surface area (Å²) in [6, 6.07) is 0. The average Bonchev–Trinajstić information content (AvgIpc) is 2.84. The molecule has 0 heterocycles. The maximum Gasteiger partial charge on any atom is 0.324 e. The van der Waals surface area contributed by atoms with E-state index in [0.717, 1.165) is 0 Å². The fourth-order valence-corrected chi connectivity index (χ4v) is 2.09. The van der Waals surface area contributed by atoms with Gasteiger partial charge in [-0.3, -0.25) is 9.59 Å². The number of carbonyl (C=O) groups is 2. The Kier molecular flexibility index (Phi) is 3.88. The van der Waals surface area contributed by atoms with Gasteiger partial charge in [-0.15, -0.1) is 0 Å². The first-order valence-electron chi connectivity index (χ1n) is 7.93. The number of esters is 2. The fourth-order valence-electron chi connectivity index (χ4n) is 2.09. The zero-order valence-electron chi connectivity index (χ0n) is 14.6. The summed E-state index contributed by atoms with van der Waals surface area (Å²) in [5.41, 5.74) is -0.840. The van der Waals surface area contributed by atoms with Crippen LogP contribution in [0.5, 0.6) is 0 Å². The van der Waals surface area contributed by atoms with Crippen molar-refractivity contribution in [2.24, 2.45) is 5.41 Å². The third kappa shape index (κ3) is 3.06. The number of hydrogen-bond donors (Lipinski definition) is 0. The lowest BCUT2D eigenvalue weighted by Crippen LogP contribution is -2.40. The summed E-state index contributed by atoms with van der Waals surface area (Å²) in [5, 5.41) is 0. The van der Waals surface area contributed by atoms with Gasteiger partial charge in [-0.2, -0.15) is 0 Å². The van der Waals surface area contributed by atoms with Crippen molar-refractivity contribution in [1.82, 2.24) is 0 Å². The van der Waals surface area contributed by atoms with Crippen LogP contribution in [0.3, 0.4) is 0 Å². The first-order chi connectivity index (χ1) is 10.2. The Morgan fingerprint density at radius 3 is 2.37 bits per heavy atom. The minimum absolute atomic E-state index is 0.0112. The topological polar surface area (TPSA) is 52.6 Å². The lowest BCUT2D eigenvalue weighted by molar-refractivity contribution is -0.171. The van der Waals surface area contributed by atoms with Crippen LogP contribution in [-0.4, -0.2) is 25.2 Å². The molecule has 0 unspecified atom stereocenters. The molecule has 0 aromatic rings. The maximum atomic E-state index is 12.3. The Morgan fingerprint density at radius 2 is 1.95 bits per heavy atom. The molecule has 0 radical (unpaired) electrons. The zero-order chi connectivity index (χ0) is 17.0. The SMILES string of the molecule is [2H]C([2H])([2H])/C(=C\C)C1=CCC(C(=O)OCC)(C(=O)OCC)C1. The van der Waals surface area contributed by atoms with Crippen LogP contribution in [0.2, 0.25) is 0 Å². The fraction of sp³-hybridized carbons (Fsp3) is 0.600. The molecule has 4 nitrogen and oxygen atoms in total. The van der Waals surface area contributed by atoms with Crippen LogP contribution in [0.15, 0.2) is 23.3 Å². The molecule has 19 heavy (non-hydrogen) atoms. The zero-order valence-corrected chi connectivity index (χ0v) is 11.6. The highest BCUT2D eigenvalue weighted by atomic mass is 16.6. The molecule has 0 atom stereocenters. The molecular formula is C15H22O4. The van der Waals surface area contributed by atoms with Crippen molar-refractivity contribution in [1.29, 1.82) is 0 Å². The smallest absolute Gasteiger partial charge is 0.324 e. The third-order valence-electron chi connectivity index (χ3n) is 3.16. The lowest BCUT2D eigenvalue weighted by Gasteiger charge is -2.24. The molecule has 1 aliphatic carbocycles. The molecule has 0 aromatic carbocycles. The molecule has 106 valence electrons. The van der Waals surface area contributed by atoms with Gasteiger partial charge >= 0.3 is 11.9 Å². The van der Waals surface area contributed by atoms with Crippen LogP contribution in [0.25, 0.3) is 0 Å². The van der Waals surface area contributed by atoms with E-state index in [1.165, 1.54) is 6.08 Å². The molecule has 0 saturated heterocycles. The van der Waals surface area contributed by atoms with Crippen molar-refractivity contribution in [3.8, 4) is 0 Å². The van der Waals surface area contributed by atoms with Crippen LogP contribution in [0, 0.1) is 5.41 Å². The molecule has 1 rings (SSSR count). The number of allylic oxidation sites excluding steroid dienone is 4. The summed E-state index contributed by atoms with van der Waals surface area (Å²) in [6.45, 7) is 2.92. The van der Waals surface area contributed by atoms with Crippen LogP contribution in [0.4, 0.5) is 0 Å². The van der Waals surface area contributed by atoms with Crippen molar-refractivity contribution in [3.05, 3.63) is 23.3 Å². The number of carbonyl (C=O) groups excluding carboxylic acids is 2. The maximum absolute atomic E-state index is 12.3. The molecule has 0 saturated carbocycles. The van der Waals surface area contributed by atoms with E-state index < -0.39 is 24.2 Å². The molecule has 0 bridgehead atoms. The normalized spacial score (nSPS) is 20.9. The van der Waals surface area contributed by atoms with Crippen molar-refractivity contribution in [2.45, 2.75) is 40.5 Å². The highest BCUT2D eigenvalue weighted by Gasteiger charge is 2.51. The standard InChI is InChI=1S/C15H22O4/c1-5-11(4)12-8-9-15(10-12,13(16)18-6-2)14(17)19-7-3/h5,8H,6-7,9-10H2,1-4H3/b11-5+/i4D3. The summed E-state index contributed by atoms with van der Waals surface area (Å²) in [5.74, 6) is -1.33. The second kappa shape index (κ2) is 6.55. The Morgan fingerprint density at radius 1 is 1.37 bits per heavy atom. The highest BCUT2D eigenvalue weighted by Crippen LogP contribution is 2.42. The van der Waals surface area contributed by atoms with Gasteiger partial charge in [0.25, 0.3) is 0 Å². The van der Waals surface area contributed by atoms with Gasteiger partial charge in [0.1, 0.15) is 0 Å². The van der Waals surface area contributed by atoms with Crippen molar-refractivity contribution in [3.63, 3.8) is 0 Å². The monoisotopic (exact) mass is 269 g/mol. The predicted octanol–water partition coefficient (Wildman–Crippen LogP) is 2.79. The van der Waals surface area contributed by atoms with Crippen LogP contribution >= 0.6 is 0 Å². The van der Waals surface area contributed by atoms with Gasteiger partial charge in [0.2, 0.25) is 0 Å². The molecule has 0 aliphatic heterocycles. The summed E-state index contributed by atoms with van der Waals surface area (Å²) >= 11 is 0. The lowest BCUT2D eigenvalue weighted by atomic mass is 9.83.